The number of hydrogen-bond donors (Lipinski definition) is 2. The van der Waals surface area contributed by atoms with Crippen LogP contribution >= 0.6 is 0 Å². The van der Waals surface area contributed by atoms with E-state index in [0.717, 1.165) is 24.9 Å². The van der Waals surface area contributed by atoms with Gasteiger partial charge in [-0.2, -0.15) is 5.26 Å². The quantitative estimate of drug-likeness (QED) is 0.745. The van der Waals surface area contributed by atoms with E-state index in [4.69, 9.17) is 11.0 Å². The van der Waals surface area contributed by atoms with Gasteiger partial charge in [0, 0.05) is 6.54 Å². The molecular formula is C15H21N3O2. The van der Waals surface area contributed by atoms with E-state index in [-0.39, 0.29) is 6.54 Å². The molecule has 1 atom stereocenters. The van der Waals surface area contributed by atoms with Gasteiger partial charge in [-0.05, 0) is 30.7 Å². The highest BCUT2D eigenvalue weighted by Gasteiger charge is 2.15. The molecule has 1 rings (SSSR count). The summed E-state index contributed by atoms with van der Waals surface area (Å²) in [7, 11) is 0. The van der Waals surface area contributed by atoms with Crippen molar-refractivity contribution in [3.05, 3.63) is 35.4 Å². The Morgan fingerprint density at radius 1 is 1.45 bits per heavy atom. The summed E-state index contributed by atoms with van der Waals surface area (Å²) in [5, 5.41) is 18.9. The molecule has 0 fully saturated rings. The summed E-state index contributed by atoms with van der Waals surface area (Å²) in [4.78, 5) is 12.9. The first kappa shape index (κ1) is 16.2. The van der Waals surface area contributed by atoms with Crippen molar-refractivity contribution in [3.63, 3.8) is 0 Å². The molecule has 108 valence electrons. The van der Waals surface area contributed by atoms with Crippen molar-refractivity contribution in [1.29, 1.82) is 5.26 Å². The number of carbonyl (C=O) groups excluding carboxylic acids is 1. The number of aliphatic hydroxyl groups excluding tert-OH is 1. The Kier molecular flexibility index (Phi) is 6.71. The van der Waals surface area contributed by atoms with Gasteiger partial charge in [0.05, 0.1) is 24.3 Å². The number of benzene rings is 1. The maximum atomic E-state index is 11.0. The van der Waals surface area contributed by atoms with Crippen LogP contribution in [0, 0.1) is 11.3 Å². The standard InChI is InChI=1S/C15H21N3O2/c1-2-3-8-18(11-15(17)20)10-14(19)13-6-4-12(9-16)5-7-13/h4-7,14,19H,2-3,8,10-11H2,1H3,(H2,17,20). The molecule has 0 heterocycles. The van der Waals surface area contributed by atoms with Crippen LogP contribution in [0.1, 0.15) is 37.0 Å². The van der Waals surface area contributed by atoms with E-state index in [2.05, 4.69) is 6.92 Å². The summed E-state index contributed by atoms with van der Waals surface area (Å²) in [6.07, 6.45) is 1.27. The van der Waals surface area contributed by atoms with Gasteiger partial charge in [-0.3, -0.25) is 9.69 Å². The number of carbonyl (C=O) groups is 1. The van der Waals surface area contributed by atoms with Crippen LogP contribution in [0.3, 0.4) is 0 Å². The van der Waals surface area contributed by atoms with Gasteiger partial charge in [0.15, 0.2) is 0 Å². The summed E-state index contributed by atoms with van der Waals surface area (Å²) in [6.45, 7) is 3.30. The highest BCUT2D eigenvalue weighted by atomic mass is 16.3. The fraction of sp³-hybridized carbons (Fsp3) is 0.467. The number of unbranched alkanes of at least 4 members (excludes halogenated alkanes) is 1. The van der Waals surface area contributed by atoms with E-state index in [0.29, 0.717) is 12.1 Å². The second-order valence-corrected chi connectivity index (χ2v) is 4.80. The summed E-state index contributed by atoms with van der Waals surface area (Å²) in [5.74, 6) is -0.395. The normalized spacial score (nSPS) is 12.1. The molecule has 5 heteroatoms. The topological polar surface area (TPSA) is 90.3 Å². The van der Waals surface area contributed by atoms with E-state index >= 15 is 0 Å². The minimum absolute atomic E-state index is 0.146. The first-order chi connectivity index (χ1) is 9.56. The lowest BCUT2D eigenvalue weighted by atomic mass is 10.1. The maximum absolute atomic E-state index is 11.0. The van der Waals surface area contributed by atoms with E-state index in [1.165, 1.54) is 0 Å². The van der Waals surface area contributed by atoms with Gasteiger partial charge in [-0.25, -0.2) is 0 Å². The van der Waals surface area contributed by atoms with Crippen LogP contribution in [0.25, 0.3) is 0 Å². The second kappa shape index (κ2) is 8.31. The molecule has 1 aromatic rings. The first-order valence-electron chi connectivity index (χ1n) is 6.75. The Morgan fingerprint density at radius 2 is 2.10 bits per heavy atom. The zero-order chi connectivity index (χ0) is 15.0. The summed E-state index contributed by atoms with van der Waals surface area (Å²) >= 11 is 0. The zero-order valence-electron chi connectivity index (χ0n) is 11.7. The van der Waals surface area contributed by atoms with Crippen molar-refractivity contribution in [3.8, 4) is 6.07 Å². The van der Waals surface area contributed by atoms with Gasteiger partial charge in [0.1, 0.15) is 0 Å². The van der Waals surface area contributed by atoms with Gasteiger partial charge in [-0.1, -0.05) is 25.5 Å². The van der Waals surface area contributed by atoms with Gasteiger partial charge in [0.25, 0.3) is 0 Å². The van der Waals surface area contributed by atoms with Gasteiger partial charge < -0.3 is 10.8 Å². The monoisotopic (exact) mass is 275 g/mol. The lowest BCUT2D eigenvalue weighted by molar-refractivity contribution is -0.119. The fourth-order valence-corrected chi connectivity index (χ4v) is 1.97. The van der Waals surface area contributed by atoms with Crippen molar-refractivity contribution in [2.45, 2.75) is 25.9 Å². The molecule has 5 nitrogen and oxygen atoms in total. The summed E-state index contributed by atoms with van der Waals surface area (Å²) in [6, 6.07) is 8.83. The van der Waals surface area contributed by atoms with Crippen LogP contribution < -0.4 is 5.73 Å². The summed E-state index contributed by atoms with van der Waals surface area (Å²) in [5.41, 5.74) is 6.51. The lowest BCUT2D eigenvalue weighted by Crippen LogP contribution is -2.37. The van der Waals surface area contributed by atoms with Crippen molar-refractivity contribution in [1.82, 2.24) is 4.90 Å². The Balaban J connectivity index is 2.65. The number of primary amides is 1. The van der Waals surface area contributed by atoms with Crippen molar-refractivity contribution >= 4 is 5.91 Å². The first-order valence-corrected chi connectivity index (χ1v) is 6.75. The average Bonchev–Trinajstić information content (AvgIpc) is 2.44. The van der Waals surface area contributed by atoms with E-state index in [1.54, 1.807) is 24.3 Å². The molecule has 3 N–H and O–H groups in total. The molecule has 0 saturated carbocycles. The number of rotatable bonds is 8. The fourth-order valence-electron chi connectivity index (χ4n) is 1.97. The number of hydrogen-bond acceptors (Lipinski definition) is 4. The molecule has 20 heavy (non-hydrogen) atoms. The minimum atomic E-state index is -0.695. The van der Waals surface area contributed by atoms with Crippen LogP contribution in [0.2, 0.25) is 0 Å². The maximum Gasteiger partial charge on any atom is 0.231 e. The highest BCUT2D eigenvalue weighted by molar-refractivity contribution is 5.75. The van der Waals surface area contributed by atoms with Gasteiger partial charge in [-0.15, -0.1) is 0 Å². The van der Waals surface area contributed by atoms with Crippen molar-refractivity contribution < 1.29 is 9.90 Å². The number of nitrogens with two attached hydrogens (primary N) is 1. The van der Waals surface area contributed by atoms with Gasteiger partial charge in [0.2, 0.25) is 5.91 Å². The smallest absolute Gasteiger partial charge is 0.231 e. The lowest BCUT2D eigenvalue weighted by Gasteiger charge is -2.23. The third-order valence-electron chi connectivity index (χ3n) is 3.06. The van der Waals surface area contributed by atoms with Crippen LogP contribution in [0.15, 0.2) is 24.3 Å². The van der Waals surface area contributed by atoms with Crippen LogP contribution in [-0.2, 0) is 4.79 Å². The minimum Gasteiger partial charge on any atom is -0.387 e. The third kappa shape index (κ3) is 5.39. The predicted octanol–water partition coefficient (Wildman–Crippen LogP) is 1.18. The largest absolute Gasteiger partial charge is 0.387 e. The molecule has 0 aliphatic rings. The molecule has 0 aliphatic heterocycles. The zero-order valence-corrected chi connectivity index (χ0v) is 11.7. The molecule has 1 amide bonds. The molecule has 0 aromatic heterocycles. The van der Waals surface area contributed by atoms with Crippen LogP contribution in [-0.4, -0.2) is 35.5 Å². The Morgan fingerprint density at radius 3 is 2.60 bits per heavy atom. The number of aliphatic hydroxyl groups is 1. The average molecular weight is 275 g/mol. The molecule has 0 spiro atoms. The molecule has 0 radical (unpaired) electrons. The Bertz CT molecular complexity index is 465. The molecule has 0 aliphatic carbocycles. The van der Waals surface area contributed by atoms with Crippen LogP contribution in [0.5, 0.6) is 0 Å². The molecule has 0 bridgehead atoms. The predicted molar refractivity (Wildman–Crippen MR) is 76.7 cm³/mol. The Labute approximate surface area is 119 Å². The highest BCUT2D eigenvalue weighted by Crippen LogP contribution is 2.15. The number of nitriles is 1. The molecule has 0 saturated heterocycles. The van der Waals surface area contributed by atoms with E-state index < -0.39 is 12.0 Å². The molecule has 1 unspecified atom stereocenters. The molecular weight excluding hydrogens is 254 g/mol. The van der Waals surface area contributed by atoms with E-state index in [9.17, 15) is 9.90 Å². The SMILES string of the molecule is CCCCN(CC(N)=O)CC(O)c1ccc(C#N)cc1. The van der Waals surface area contributed by atoms with Crippen molar-refractivity contribution in [2.24, 2.45) is 5.73 Å². The molecule has 1 aromatic carbocycles. The Hall–Kier alpha value is -1.90. The third-order valence-corrected chi connectivity index (χ3v) is 3.06. The van der Waals surface area contributed by atoms with Gasteiger partial charge >= 0.3 is 0 Å². The second-order valence-electron chi connectivity index (χ2n) is 4.80. The number of amides is 1. The van der Waals surface area contributed by atoms with Crippen molar-refractivity contribution in [2.75, 3.05) is 19.6 Å². The van der Waals surface area contributed by atoms with Crippen LogP contribution in [0.4, 0.5) is 0 Å². The number of nitrogens with zero attached hydrogens (tertiary/aromatic N) is 2. The van der Waals surface area contributed by atoms with E-state index in [1.807, 2.05) is 11.0 Å². The summed E-state index contributed by atoms with van der Waals surface area (Å²) < 4.78 is 0.